The van der Waals surface area contributed by atoms with Crippen LogP contribution in [0.3, 0.4) is 0 Å². The molecule has 0 fully saturated rings. The predicted molar refractivity (Wildman–Crippen MR) is 121 cm³/mol. The Labute approximate surface area is 166 Å². The second-order valence-electron chi connectivity index (χ2n) is 6.59. The van der Waals surface area contributed by atoms with Crippen LogP contribution in [0.5, 0.6) is 0 Å². The van der Waals surface area contributed by atoms with Gasteiger partial charge in [-0.15, -0.1) is 0 Å². The first kappa shape index (κ1) is 18.2. The maximum Gasteiger partial charge on any atom is 0.171 e. The maximum absolute atomic E-state index is 14.9. The average molecular weight is 380 g/mol. The molecule has 0 radical (unpaired) electrons. The second kappa shape index (κ2) is 8.25. The van der Waals surface area contributed by atoms with Crippen molar-refractivity contribution in [1.29, 1.82) is 0 Å². The topological polar surface area (TPSA) is 17.1 Å². The summed E-state index contributed by atoms with van der Waals surface area (Å²) in [5.41, 5.74) is 2.01. The van der Waals surface area contributed by atoms with Crippen molar-refractivity contribution in [1.82, 2.24) is 0 Å². The summed E-state index contributed by atoms with van der Waals surface area (Å²) in [6, 6.07) is 39.7. The highest BCUT2D eigenvalue weighted by atomic mass is 31.2. The molecule has 0 aromatic heterocycles. The highest BCUT2D eigenvalue weighted by molar-refractivity contribution is 7.87. The molecule has 28 heavy (non-hydrogen) atoms. The van der Waals surface area contributed by atoms with Crippen LogP contribution < -0.4 is 10.6 Å². The van der Waals surface area contributed by atoms with Crippen molar-refractivity contribution < 1.29 is 4.57 Å². The summed E-state index contributed by atoms with van der Waals surface area (Å²) >= 11 is 0. The summed E-state index contributed by atoms with van der Waals surface area (Å²) in [5, 5.41) is 2.52. The van der Waals surface area contributed by atoms with Crippen LogP contribution in [0.25, 0.3) is 11.4 Å². The molecule has 0 heterocycles. The molecule has 0 amide bonds. The van der Waals surface area contributed by atoms with Crippen LogP contribution in [0.15, 0.2) is 121 Å². The monoisotopic (exact) mass is 380 g/mol. The molecule has 0 saturated heterocycles. The van der Waals surface area contributed by atoms with Crippen LogP contribution in [0, 0.1) is 0 Å². The molecular formula is C26H21OP. The lowest BCUT2D eigenvalue weighted by Crippen LogP contribution is -2.17. The molecule has 4 rings (SSSR count). The van der Waals surface area contributed by atoms with E-state index in [1.165, 1.54) is 0 Å². The molecule has 0 bridgehead atoms. The summed E-state index contributed by atoms with van der Waals surface area (Å²) in [4.78, 5) is 0. The number of hydrogen-bond donors (Lipinski definition) is 0. The van der Waals surface area contributed by atoms with Crippen molar-refractivity contribution in [3.63, 3.8) is 0 Å². The number of rotatable bonds is 5. The van der Waals surface area contributed by atoms with Gasteiger partial charge in [0.15, 0.2) is 7.14 Å². The Balaban J connectivity index is 2.03. The Hall–Kier alpha value is -3.15. The van der Waals surface area contributed by atoms with Crippen molar-refractivity contribution in [2.45, 2.75) is 0 Å². The summed E-state index contributed by atoms with van der Waals surface area (Å²) in [7, 11) is -3.06. The third kappa shape index (κ3) is 3.63. The van der Waals surface area contributed by atoms with Crippen LogP contribution in [-0.4, -0.2) is 0 Å². The van der Waals surface area contributed by atoms with E-state index >= 15 is 0 Å². The standard InChI is InChI=1S/C26H21OP/c27-28(24-17-9-3-10-18-24,25-19-11-4-12-20-25)26(23-15-7-2-8-16-23)21-22-13-5-1-6-14-22/h1-21H/b26-21+. The minimum absolute atomic E-state index is 0.840. The quantitative estimate of drug-likeness (QED) is 0.298. The van der Waals surface area contributed by atoms with Crippen molar-refractivity contribution in [2.75, 3.05) is 0 Å². The fourth-order valence-corrected chi connectivity index (χ4v) is 6.26. The van der Waals surface area contributed by atoms with E-state index in [9.17, 15) is 4.57 Å². The zero-order valence-electron chi connectivity index (χ0n) is 15.5. The summed E-state index contributed by atoms with van der Waals surface area (Å²) in [6.07, 6.45) is 2.07. The van der Waals surface area contributed by atoms with Crippen molar-refractivity contribution in [3.8, 4) is 0 Å². The van der Waals surface area contributed by atoms with E-state index < -0.39 is 7.14 Å². The second-order valence-corrected chi connectivity index (χ2v) is 9.32. The largest absolute Gasteiger partial charge is 0.309 e. The fourth-order valence-electron chi connectivity index (χ4n) is 3.38. The zero-order valence-corrected chi connectivity index (χ0v) is 16.4. The maximum atomic E-state index is 14.9. The molecule has 0 N–H and O–H groups in total. The molecule has 2 heteroatoms. The molecule has 0 atom stereocenters. The van der Waals surface area contributed by atoms with Crippen molar-refractivity contribution in [3.05, 3.63) is 132 Å². The Bertz CT molecular complexity index is 1060. The Kier molecular flexibility index (Phi) is 5.37. The SMILES string of the molecule is O=P(/C(=C/c1ccccc1)c1ccccc1)(c1ccccc1)c1ccccc1. The van der Waals surface area contributed by atoms with E-state index in [2.05, 4.69) is 6.08 Å². The van der Waals surface area contributed by atoms with Gasteiger partial charge in [0, 0.05) is 15.9 Å². The van der Waals surface area contributed by atoms with Gasteiger partial charge in [-0.2, -0.15) is 0 Å². The predicted octanol–water partition coefficient (Wildman–Crippen LogP) is 6.20. The Morgan fingerprint density at radius 2 is 0.929 bits per heavy atom. The molecule has 4 aromatic rings. The smallest absolute Gasteiger partial charge is 0.171 e. The van der Waals surface area contributed by atoms with Gasteiger partial charge in [-0.05, 0) is 17.2 Å². The van der Waals surface area contributed by atoms with Gasteiger partial charge in [0.05, 0.1) is 0 Å². The first-order chi connectivity index (χ1) is 13.8. The average Bonchev–Trinajstić information content (AvgIpc) is 2.79. The molecule has 0 aliphatic heterocycles. The summed E-state index contributed by atoms with van der Waals surface area (Å²) in [6.45, 7) is 0. The molecule has 136 valence electrons. The third-order valence-electron chi connectivity index (χ3n) is 4.75. The minimum Gasteiger partial charge on any atom is -0.309 e. The summed E-state index contributed by atoms with van der Waals surface area (Å²) < 4.78 is 14.9. The number of hydrogen-bond acceptors (Lipinski definition) is 1. The van der Waals surface area contributed by atoms with E-state index in [0.29, 0.717) is 0 Å². The van der Waals surface area contributed by atoms with Crippen LogP contribution in [-0.2, 0) is 4.57 Å². The number of benzene rings is 4. The van der Waals surface area contributed by atoms with E-state index in [4.69, 9.17) is 0 Å². The Morgan fingerprint density at radius 3 is 1.39 bits per heavy atom. The lowest BCUT2D eigenvalue weighted by Gasteiger charge is -2.23. The molecule has 0 spiro atoms. The van der Waals surface area contributed by atoms with Gasteiger partial charge >= 0.3 is 0 Å². The molecule has 0 aliphatic carbocycles. The zero-order chi connectivity index (χ0) is 19.2. The van der Waals surface area contributed by atoms with Gasteiger partial charge in [-0.3, -0.25) is 0 Å². The highest BCUT2D eigenvalue weighted by Gasteiger charge is 2.32. The molecular weight excluding hydrogens is 359 g/mol. The lowest BCUT2D eigenvalue weighted by molar-refractivity contribution is 0.593. The van der Waals surface area contributed by atoms with Crippen LogP contribution in [0.2, 0.25) is 0 Å². The van der Waals surface area contributed by atoms with E-state index in [-0.39, 0.29) is 0 Å². The van der Waals surface area contributed by atoms with Gasteiger partial charge in [-0.25, -0.2) is 0 Å². The molecule has 0 aliphatic rings. The van der Waals surface area contributed by atoms with Crippen LogP contribution >= 0.6 is 7.14 Å². The molecule has 0 saturated carbocycles. The van der Waals surface area contributed by atoms with Crippen molar-refractivity contribution >= 4 is 29.1 Å². The molecule has 0 unspecified atom stereocenters. The normalized spacial score (nSPS) is 11.9. The highest BCUT2D eigenvalue weighted by Crippen LogP contribution is 2.57. The molecule has 4 aromatic carbocycles. The van der Waals surface area contributed by atoms with E-state index in [1.54, 1.807) is 0 Å². The van der Waals surface area contributed by atoms with Crippen LogP contribution in [0.1, 0.15) is 11.1 Å². The van der Waals surface area contributed by atoms with Gasteiger partial charge < -0.3 is 4.57 Å². The van der Waals surface area contributed by atoms with Gasteiger partial charge in [-0.1, -0.05) is 121 Å². The fraction of sp³-hybridized carbons (Fsp3) is 0. The van der Waals surface area contributed by atoms with Gasteiger partial charge in [0.2, 0.25) is 0 Å². The molecule has 1 nitrogen and oxygen atoms in total. The van der Waals surface area contributed by atoms with Gasteiger partial charge in [0.1, 0.15) is 0 Å². The third-order valence-corrected chi connectivity index (χ3v) is 7.87. The van der Waals surface area contributed by atoms with E-state index in [1.807, 2.05) is 121 Å². The minimum atomic E-state index is -3.06. The van der Waals surface area contributed by atoms with Crippen molar-refractivity contribution in [2.24, 2.45) is 0 Å². The Morgan fingerprint density at radius 1 is 0.536 bits per heavy atom. The first-order valence-electron chi connectivity index (χ1n) is 9.32. The lowest BCUT2D eigenvalue weighted by atomic mass is 10.1. The van der Waals surface area contributed by atoms with E-state index in [0.717, 1.165) is 27.1 Å². The van der Waals surface area contributed by atoms with Gasteiger partial charge in [0.25, 0.3) is 0 Å². The first-order valence-corrected chi connectivity index (χ1v) is 11.0. The van der Waals surface area contributed by atoms with Crippen LogP contribution in [0.4, 0.5) is 0 Å². The summed E-state index contributed by atoms with van der Waals surface area (Å²) in [5.74, 6) is 0.